The molecule has 1 aliphatic heterocycles. The van der Waals surface area contributed by atoms with Crippen LogP contribution in [0.5, 0.6) is 0 Å². The zero-order valence-electron chi connectivity index (χ0n) is 13.7. The molecule has 2 saturated carbocycles. The molecule has 0 radical (unpaired) electrons. The Bertz CT molecular complexity index is 599. The second kappa shape index (κ2) is 5.63. The number of amides is 2. The largest absolute Gasteiger partial charge is 0.377 e. The van der Waals surface area contributed by atoms with E-state index in [2.05, 4.69) is 15.6 Å². The summed E-state index contributed by atoms with van der Waals surface area (Å²) < 4.78 is 5.89. The Morgan fingerprint density at radius 2 is 2.35 bits per heavy atom. The van der Waals surface area contributed by atoms with Gasteiger partial charge in [0.05, 0.1) is 18.3 Å². The molecule has 2 N–H and O–H groups in total. The summed E-state index contributed by atoms with van der Waals surface area (Å²) in [5.41, 5.74) is 1.14. The molecule has 126 valence electrons. The average Bonchev–Trinajstić information content (AvgIpc) is 3.09. The predicted octanol–water partition coefficient (Wildman–Crippen LogP) is 1.97. The van der Waals surface area contributed by atoms with E-state index in [1.807, 2.05) is 24.4 Å². The van der Waals surface area contributed by atoms with E-state index in [1.165, 1.54) is 19.3 Å². The predicted molar refractivity (Wildman–Crippen MR) is 89.7 cm³/mol. The van der Waals surface area contributed by atoms with Crippen LogP contribution < -0.4 is 15.5 Å². The zero-order valence-corrected chi connectivity index (χ0v) is 14.5. The first kappa shape index (κ1) is 15.2. The van der Waals surface area contributed by atoms with E-state index in [1.54, 1.807) is 11.3 Å². The van der Waals surface area contributed by atoms with Crippen molar-refractivity contribution in [2.75, 3.05) is 25.6 Å². The molecule has 2 aliphatic carbocycles. The number of anilines is 1. The van der Waals surface area contributed by atoms with Crippen LogP contribution in [0.3, 0.4) is 0 Å². The highest BCUT2D eigenvalue weighted by Crippen LogP contribution is 2.62. The van der Waals surface area contributed by atoms with E-state index in [4.69, 9.17) is 4.74 Å². The number of nitrogens with one attached hydrogen (secondary N) is 2. The topological polar surface area (TPSA) is 66.5 Å². The van der Waals surface area contributed by atoms with E-state index in [0.29, 0.717) is 18.6 Å². The summed E-state index contributed by atoms with van der Waals surface area (Å²) in [6.07, 6.45) is 5.12. The van der Waals surface area contributed by atoms with Crippen molar-refractivity contribution in [2.45, 2.75) is 44.4 Å². The SMILES string of the molecule is CN(C)c1nc(CNC(=O)N[C@H]2[C@@H]3CCO[C@@H]3C23CCC3)cs1. The van der Waals surface area contributed by atoms with Gasteiger partial charge in [-0.25, -0.2) is 9.78 Å². The van der Waals surface area contributed by atoms with Gasteiger partial charge in [-0.05, 0) is 19.3 Å². The van der Waals surface area contributed by atoms with Crippen LogP contribution in [0.25, 0.3) is 0 Å². The minimum atomic E-state index is -0.0778. The molecule has 1 aromatic heterocycles. The molecule has 1 saturated heterocycles. The number of aromatic nitrogens is 1. The Morgan fingerprint density at radius 3 is 3.00 bits per heavy atom. The lowest BCUT2D eigenvalue weighted by molar-refractivity contribution is -0.172. The van der Waals surface area contributed by atoms with Gasteiger partial charge >= 0.3 is 6.03 Å². The minimum absolute atomic E-state index is 0.0778. The van der Waals surface area contributed by atoms with Crippen LogP contribution in [0.2, 0.25) is 0 Å². The van der Waals surface area contributed by atoms with Crippen molar-refractivity contribution in [2.24, 2.45) is 11.3 Å². The van der Waals surface area contributed by atoms with Crippen LogP contribution in [0.1, 0.15) is 31.4 Å². The third kappa shape index (κ3) is 2.41. The molecule has 6 nitrogen and oxygen atoms in total. The fourth-order valence-corrected chi connectivity index (χ4v) is 5.16. The minimum Gasteiger partial charge on any atom is -0.377 e. The van der Waals surface area contributed by atoms with Gasteiger partial charge in [0.25, 0.3) is 0 Å². The first-order valence-corrected chi connectivity index (χ1v) is 9.26. The highest BCUT2D eigenvalue weighted by Gasteiger charge is 2.66. The maximum atomic E-state index is 12.3. The highest BCUT2D eigenvalue weighted by molar-refractivity contribution is 7.13. The fraction of sp³-hybridized carbons (Fsp3) is 0.750. The molecule has 23 heavy (non-hydrogen) atoms. The molecule has 7 heteroatoms. The number of hydrogen-bond donors (Lipinski definition) is 2. The Balaban J connectivity index is 1.31. The molecule has 0 bridgehead atoms. The molecular weight excluding hydrogens is 312 g/mol. The molecule has 3 fully saturated rings. The Hall–Kier alpha value is -1.34. The van der Waals surface area contributed by atoms with Gasteiger partial charge in [0.1, 0.15) is 0 Å². The van der Waals surface area contributed by atoms with Crippen molar-refractivity contribution in [3.05, 3.63) is 11.1 Å². The number of ether oxygens (including phenoxy) is 1. The summed E-state index contributed by atoms with van der Waals surface area (Å²) in [6, 6.07) is 0.211. The normalized spacial score (nSPS) is 30.3. The van der Waals surface area contributed by atoms with Crippen LogP contribution in [0.15, 0.2) is 5.38 Å². The number of carbonyl (C=O) groups is 1. The molecule has 1 spiro atoms. The van der Waals surface area contributed by atoms with Gasteiger partial charge in [-0.3, -0.25) is 0 Å². The lowest BCUT2D eigenvalue weighted by Crippen LogP contribution is -2.72. The molecular formula is C16H24N4O2S. The molecule has 0 aromatic carbocycles. The Kier molecular flexibility index (Phi) is 3.72. The molecule has 3 aliphatic rings. The first-order valence-electron chi connectivity index (χ1n) is 8.38. The monoisotopic (exact) mass is 336 g/mol. The third-order valence-corrected chi connectivity index (χ3v) is 6.73. The van der Waals surface area contributed by atoms with Crippen molar-refractivity contribution >= 4 is 22.5 Å². The van der Waals surface area contributed by atoms with Gasteiger partial charge < -0.3 is 20.3 Å². The number of hydrogen-bond acceptors (Lipinski definition) is 5. The van der Waals surface area contributed by atoms with Gasteiger partial charge in [0.2, 0.25) is 0 Å². The van der Waals surface area contributed by atoms with Crippen molar-refractivity contribution in [3.63, 3.8) is 0 Å². The molecule has 2 heterocycles. The molecule has 1 aromatic rings. The molecule has 0 unspecified atom stereocenters. The lowest BCUT2D eigenvalue weighted by atomic mass is 9.46. The van der Waals surface area contributed by atoms with Gasteiger partial charge in [0.15, 0.2) is 5.13 Å². The summed E-state index contributed by atoms with van der Waals surface area (Å²) >= 11 is 1.59. The van der Waals surface area contributed by atoms with Crippen molar-refractivity contribution in [3.8, 4) is 0 Å². The van der Waals surface area contributed by atoms with Gasteiger partial charge in [-0.2, -0.15) is 0 Å². The third-order valence-electron chi connectivity index (χ3n) is 5.67. The van der Waals surface area contributed by atoms with E-state index in [-0.39, 0.29) is 17.5 Å². The fourth-order valence-electron chi connectivity index (χ4n) is 4.40. The maximum absolute atomic E-state index is 12.3. The van der Waals surface area contributed by atoms with Crippen molar-refractivity contribution in [1.82, 2.24) is 15.6 Å². The molecule has 2 amide bonds. The van der Waals surface area contributed by atoms with Crippen LogP contribution in [-0.4, -0.2) is 43.9 Å². The highest BCUT2D eigenvalue weighted by atomic mass is 32.1. The van der Waals surface area contributed by atoms with Gasteiger partial charge in [0, 0.05) is 43.5 Å². The summed E-state index contributed by atoms with van der Waals surface area (Å²) in [6.45, 7) is 1.32. The van der Waals surface area contributed by atoms with Crippen LogP contribution in [0.4, 0.5) is 9.93 Å². The van der Waals surface area contributed by atoms with Crippen LogP contribution in [-0.2, 0) is 11.3 Å². The van der Waals surface area contributed by atoms with Crippen molar-refractivity contribution in [1.29, 1.82) is 0 Å². The number of urea groups is 1. The number of fused-ring (bicyclic) bond motifs is 2. The Labute approximate surface area is 140 Å². The van der Waals surface area contributed by atoms with E-state index < -0.39 is 0 Å². The smallest absolute Gasteiger partial charge is 0.315 e. The number of thiazole rings is 1. The zero-order chi connectivity index (χ0) is 16.0. The van der Waals surface area contributed by atoms with Gasteiger partial charge in [-0.15, -0.1) is 11.3 Å². The summed E-state index contributed by atoms with van der Waals surface area (Å²) in [7, 11) is 3.94. The number of carbonyl (C=O) groups excluding carboxylic acids is 1. The number of rotatable bonds is 4. The molecule has 4 rings (SSSR count). The van der Waals surface area contributed by atoms with Crippen molar-refractivity contribution < 1.29 is 9.53 Å². The first-order chi connectivity index (χ1) is 11.1. The standard InChI is InChI=1S/C16H24N4O2S/c1-20(2)15-18-10(9-23-15)8-17-14(21)19-12-11-4-7-22-13(11)16(12)5-3-6-16/h9,11-13H,3-8H2,1-2H3,(H2,17,19,21)/t11-,12-,13-/m0/s1. The quantitative estimate of drug-likeness (QED) is 0.882. The van der Waals surface area contributed by atoms with E-state index in [9.17, 15) is 4.79 Å². The average molecular weight is 336 g/mol. The second-order valence-electron chi connectivity index (χ2n) is 7.15. The van der Waals surface area contributed by atoms with Gasteiger partial charge in [-0.1, -0.05) is 6.42 Å². The van der Waals surface area contributed by atoms with E-state index >= 15 is 0 Å². The lowest BCUT2D eigenvalue weighted by Gasteiger charge is -2.63. The Morgan fingerprint density at radius 1 is 1.52 bits per heavy atom. The van der Waals surface area contributed by atoms with Crippen LogP contribution in [0, 0.1) is 11.3 Å². The maximum Gasteiger partial charge on any atom is 0.315 e. The summed E-state index contributed by atoms with van der Waals surface area (Å²) in [4.78, 5) is 18.7. The summed E-state index contributed by atoms with van der Waals surface area (Å²) in [5, 5.41) is 9.12. The summed E-state index contributed by atoms with van der Waals surface area (Å²) in [5.74, 6) is 0.515. The second-order valence-corrected chi connectivity index (χ2v) is 7.99. The molecule has 3 atom stereocenters. The van der Waals surface area contributed by atoms with E-state index in [0.717, 1.165) is 23.9 Å². The number of nitrogens with zero attached hydrogens (tertiary/aromatic N) is 2. The van der Waals surface area contributed by atoms with Crippen LogP contribution >= 0.6 is 11.3 Å².